The van der Waals surface area contributed by atoms with E-state index < -0.39 is 0 Å². The second-order valence-corrected chi connectivity index (χ2v) is 7.85. The molecule has 6 nitrogen and oxygen atoms in total. The normalized spacial score (nSPS) is 18.6. The number of likely N-dealkylation sites (tertiary alicyclic amines) is 1. The number of benzene rings is 2. The van der Waals surface area contributed by atoms with Crippen LogP contribution in [-0.4, -0.2) is 41.8 Å². The number of anilines is 1. The molecule has 1 unspecified atom stereocenters. The monoisotopic (exact) mass is 391 g/mol. The van der Waals surface area contributed by atoms with Crippen LogP contribution in [0.5, 0.6) is 0 Å². The Bertz CT molecular complexity index is 891. The van der Waals surface area contributed by atoms with Gasteiger partial charge in [-0.05, 0) is 36.1 Å². The molecule has 0 radical (unpaired) electrons. The smallest absolute Gasteiger partial charge is 0.243 e. The molecule has 4 rings (SSSR count). The highest BCUT2D eigenvalue weighted by Crippen LogP contribution is 2.27. The molecule has 1 atom stereocenters. The van der Waals surface area contributed by atoms with Gasteiger partial charge in [0.15, 0.2) is 0 Å². The SMILES string of the molecule is O=C(CN1CC(c2ccccc2)CC1=O)Nc1ccc(CC(=O)NC2CC2)cc1. The molecule has 0 aromatic heterocycles. The number of rotatable bonds is 7. The maximum absolute atomic E-state index is 12.4. The Morgan fingerprint density at radius 3 is 2.38 bits per heavy atom. The summed E-state index contributed by atoms with van der Waals surface area (Å²) in [6.45, 7) is 0.610. The Morgan fingerprint density at radius 1 is 0.966 bits per heavy atom. The highest BCUT2D eigenvalue weighted by molar-refractivity contribution is 5.95. The molecule has 1 saturated heterocycles. The van der Waals surface area contributed by atoms with Gasteiger partial charge in [-0.15, -0.1) is 0 Å². The highest BCUT2D eigenvalue weighted by Gasteiger charge is 2.31. The molecular weight excluding hydrogens is 366 g/mol. The summed E-state index contributed by atoms with van der Waals surface area (Å²) in [4.78, 5) is 38.1. The molecule has 6 heteroatoms. The molecule has 2 aliphatic rings. The first kappa shape index (κ1) is 19.2. The maximum atomic E-state index is 12.4. The van der Waals surface area contributed by atoms with Gasteiger partial charge in [-0.25, -0.2) is 0 Å². The fourth-order valence-corrected chi connectivity index (χ4v) is 3.65. The van der Waals surface area contributed by atoms with Crippen molar-refractivity contribution in [2.75, 3.05) is 18.4 Å². The molecule has 2 fully saturated rings. The Hall–Kier alpha value is -3.15. The quantitative estimate of drug-likeness (QED) is 0.761. The molecule has 2 N–H and O–H groups in total. The van der Waals surface area contributed by atoms with Gasteiger partial charge < -0.3 is 15.5 Å². The lowest BCUT2D eigenvalue weighted by atomic mass is 9.99. The van der Waals surface area contributed by atoms with Gasteiger partial charge in [-0.1, -0.05) is 42.5 Å². The predicted octanol–water partition coefficient (Wildman–Crippen LogP) is 2.46. The second kappa shape index (κ2) is 8.47. The van der Waals surface area contributed by atoms with Crippen LogP contribution in [0.15, 0.2) is 54.6 Å². The van der Waals surface area contributed by atoms with Gasteiger partial charge in [0.2, 0.25) is 17.7 Å². The summed E-state index contributed by atoms with van der Waals surface area (Å²) < 4.78 is 0. The molecule has 2 aromatic carbocycles. The van der Waals surface area contributed by atoms with Crippen molar-refractivity contribution in [2.45, 2.75) is 37.6 Å². The van der Waals surface area contributed by atoms with E-state index in [1.807, 2.05) is 42.5 Å². The fourth-order valence-electron chi connectivity index (χ4n) is 3.65. The summed E-state index contributed by atoms with van der Waals surface area (Å²) in [6, 6.07) is 17.5. The van der Waals surface area contributed by atoms with Crippen LogP contribution in [0.4, 0.5) is 5.69 Å². The maximum Gasteiger partial charge on any atom is 0.243 e. The number of hydrogen-bond acceptors (Lipinski definition) is 3. The molecular formula is C23H25N3O3. The van der Waals surface area contributed by atoms with Crippen molar-refractivity contribution in [3.05, 3.63) is 65.7 Å². The summed E-state index contributed by atoms with van der Waals surface area (Å²) in [5, 5.41) is 5.80. The van der Waals surface area contributed by atoms with Crippen LogP contribution in [0.25, 0.3) is 0 Å². The lowest BCUT2D eigenvalue weighted by Crippen LogP contribution is -2.34. The van der Waals surface area contributed by atoms with Crippen molar-refractivity contribution in [3.8, 4) is 0 Å². The first-order valence-corrected chi connectivity index (χ1v) is 10.1. The average Bonchev–Trinajstić information content (AvgIpc) is 3.45. The van der Waals surface area contributed by atoms with Crippen molar-refractivity contribution in [1.82, 2.24) is 10.2 Å². The summed E-state index contributed by atoms with van der Waals surface area (Å²) in [6.07, 6.45) is 2.92. The van der Waals surface area contributed by atoms with E-state index in [1.165, 1.54) is 0 Å². The third kappa shape index (κ3) is 5.22. The van der Waals surface area contributed by atoms with Gasteiger partial charge in [0, 0.05) is 30.6 Å². The van der Waals surface area contributed by atoms with Crippen molar-refractivity contribution < 1.29 is 14.4 Å². The van der Waals surface area contributed by atoms with Gasteiger partial charge in [0.1, 0.15) is 0 Å². The van der Waals surface area contributed by atoms with Crippen LogP contribution >= 0.6 is 0 Å². The molecule has 3 amide bonds. The van der Waals surface area contributed by atoms with E-state index >= 15 is 0 Å². The number of amides is 3. The van der Waals surface area contributed by atoms with Crippen LogP contribution < -0.4 is 10.6 Å². The van der Waals surface area contributed by atoms with E-state index in [2.05, 4.69) is 10.6 Å². The van der Waals surface area contributed by atoms with Crippen molar-refractivity contribution in [1.29, 1.82) is 0 Å². The second-order valence-electron chi connectivity index (χ2n) is 7.85. The predicted molar refractivity (Wildman–Crippen MR) is 110 cm³/mol. The summed E-state index contributed by atoms with van der Waals surface area (Å²) >= 11 is 0. The minimum Gasteiger partial charge on any atom is -0.353 e. The molecule has 1 saturated carbocycles. The zero-order valence-electron chi connectivity index (χ0n) is 16.3. The molecule has 29 heavy (non-hydrogen) atoms. The lowest BCUT2D eigenvalue weighted by molar-refractivity contribution is -0.131. The van der Waals surface area contributed by atoms with Crippen LogP contribution in [0.2, 0.25) is 0 Å². The van der Waals surface area contributed by atoms with E-state index in [-0.39, 0.29) is 30.2 Å². The van der Waals surface area contributed by atoms with Crippen molar-refractivity contribution in [3.63, 3.8) is 0 Å². The van der Waals surface area contributed by atoms with E-state index in [1.54, 1.807) is 17.0 Å². The Kier molecular flexibility index (Phi) is 5.60. The first-order valence-electron chi connectivity index (χ1n) is 10.1. The number of nitrogens with one attached hydrogen (secondary N) is 2. The summed E-state index contributed by atoms with van der Waals surface area (Å²) in [5.74, 6) is -0.0420. The van der Waals surface area contributed by atoms with Gasteiger partial charge >= 0.3 is 0 Å². The Labute approximate surface area is 170 Å². The minimum atomic E-state index is -0.216. The van der Waals surface area contributed by atoms with E-state index in [4.69, 9.17) is 0 Å². The highest BCUT2D eigenvalue weighted by atomic mass is 16.2. The molecule has 1 aliphatic heterocycles. The lowest BCUT2D eigenvalue weighted by Gasteiger charge is -2.16. The van der Waals surface area contributed by atoms with Gasteiger partial charge in [0.05, 0.1) is 13.0 Å². The third-order valence-electron chi connectivity index (χ3n) is 5.36. The molecule has 1 aliphatic carbocycles. The van der Waals surface area contributed by atoms with Crippen LogP contribution in [0.1, 0.15) is 36.3 Å². The topological polar surface area (TPSA) is 78.5 Å². The zero-order valence-corrected chi connectivity index (χ0v) is 16.3. The number of carbonyl (C=O) groups excluding carboxylic acids is 3. The van der Waals surface area contributed by atoms with E-state index in [9.17, 15) is 14.4 Å². The molecule has 1 heterocycles. The van der Waals surface area contributed by atoms with Gasteiger partial charge in [-0.2, -0.15) is 0 Å². The van der Waals surface area contributed by atoms with Gasteiger partial charge in [0.25, 0.3) is 0 Å². The zero-order chi connectivity index (χ0) is 20.2. The standard InChI is InChI=1S/C23H25N3O3/c27-21(24-20-10-11-20)12-16-6-8-19(9-7-16)25-22(28)15-26-14-18(13-23(26)29)17-4-2-1-3-5-17/h1-9,18,20H,10-15H2,(H,24,27)(H,25,28). The average molecular weight is 391 g/mol. The van der Waals surface area contributed by atoms with Crippen LogP contribution in [-0.2, 0) is 20.8 Å². The minimum absolute atomic E-state index is 0.00558. The first-order chi connectivity index (χ1) is 14.1. The number of carbonyl (C=O) groups is 3. The fraction of sp³-hybridized carbons (Fsp3) is 0.348. The van der Waals surface area contributed by atoms with E-state index in [0.29, 0.717) is 31.1 Å². The molecule has 150 valence electrons. The number of nitrogens with zero attached hydrogens (tertiary/aromatic N) is 1. The Morgan fingerprint density at radius 2 is 1.69 bits per heavy atom. The van der Waals surface area contributed by atoms with Crippen LogP contribution in [0.3, 0.4) is 0 Å². The molecule has 2 aromatic rings. The number of hydrogen-bond donors (Lipinski definition) is 2. The third-order valence-corrected chi connectivity index (χ3v) is 5.36. The molecule has 0 bridgehead atoms. The Balaban J connectivity index is 1.27. The summed E-state index contributed by atoms with van der Waals surface area (Å²) in [7, 11) is 0. The largest absolute Gasteiger partial charge is 0.353 e. The molecule has 0 spiro atoms. The van der Waals surface area contributed by atoms with Crippen LogP contribution in [0, 0.1) is 0 Å². The van der Waals surface area contributed by atoms with Crippen molar-refractivity contribution >= 4 is 23.4 Å². The van der Waals surface area contributed by atoms with E-state index in [0.717, 1.165) is 24.0 Å². The summed E-state index contributed by atoms with van der Waals surface area (Å²) in [5.41, 5.74) is 2.69. The van der Waals surface area contributed by atoms with Crippen molar-refractivity contribution in [2.24, 2.45) is 0 Å². The van der Waals surface area contributed by atoms with Gasteiger partial charge in [-0.3, -0.25) is 14.4 Å².